The fraction of sp³-hybridized carbons (Fsp3) is 0.136. The van der Waals surface area contributed by atoms with Crippen LogP contribution < -0.4 is 15.4 Å². The summed E-state index contributed by atoms with van der Waals surface area (Å²) in [6.07, 6.45) is 0. The van der Waals surface area contributed by atoms with Gasteiger partial charge in [-0.1, -0.05) is 36.4 Å². The summed E-state index contributed by atoms with van der Waals surface area (Å²) in [6.45, 7) is 3.07. The fourth-order valence-corrected chi connectivity index (χ4v) is 2.72. The van der Waals surface area contributed by atoms with Gasteiger partial charge in [0.05, 0.1) is 0 Å². The maximum atomic E-state index is 12.9. The third-order valence-corrected chi connectivity index (χ3v) is 4.22. The Hall–Kier alpha value is -2.92. The van der Waals surface area contributed by atoms with Crippen LogP contribution in [-0.4, -0.2) is 5.11 Å². The molecule has 0 aliphatic heterocycles. The molecule has 3 aromatic carbocycles. The van der Waals surface area contributed by atoms with Crippen molar-refractivity contribution in [3.63, 3.8) is 0 Å². The number of halogens is 1. The minimum atomic E-state index is -0.245. The Balaban J connectivity index is 1.45. The van der Waals surface area contributed by atoms with Crippen LogP contribution in [0.4, 0.5) is 10.1 Å². The lowest BCUT2D eigenvalue weighted by atomic mass is 10.2. The van der Waals surface area contributed by atoms with Gasteiger partial charge in [-0.25, -0.2) is 4.39 Å². The predicted molar refractivity (Wildman–Crippen MR) is 111 cm³/mol. The highest BCUT2D eigenvalue weighted by Gasteiger charge is 2.01. The lowest BCUT2D eigenvalue weighted by molar-refractivity contribution is 0.306. The van der Waals surface area contributed by atoms with Gasteiger partial charge >= 0.3 is 0 Å². The van der Waals surface area contributed by atoms with Crippen molar-refractivity contribution in [3.8, 4) is 5.75 Å². The maximum absolute atomic E-state index is 12.9. The van der Waals surface area contributed by atoms with E-state index in [-0.39, 0.29) is 5.82 Å². The van der Waals surface area contributed by atoms with Crippen molar-refractivity contribution >= 4 is 23.0 Å². The minimum Gasteiger partial charge on any atom is -0.489 e. The van der Waals surface area contributed by atoms with Gasteiger partial charge in [0.1, 0.15) is 18.2 Å². The van der Waals surface area contributed by atoms with E-state index >= 15 is 0 Å². The standard InChI is InChI=1S/C22H21FN2OS/c1-16-3-2-4-20(13-16)25-22(27)24-14-17-7-11-21(12-8-17)26-15-18-5-9-19(23)10-6-18/h2-13H,14-15H2,1H3,(H2,24,25,27). The Morgan fingerprint density at radius 3 is 2.37 bits per heavy atom. The largest absolute Gasteiger partial charge is 0.489 e. The molecule has 27 heavy (non-hydrogen) atoms. The molecule has 0 fully saturated rings. The zero-order valence-electron chi connectivity index (χ0n) is 15.0. The second-order valence-corrected chi connectivity index (χ2v) is 6.64. The first kappa shape index (κ1) is 18.9. The summed E-state index contributed by atoms with van der Waals surface area (Å²) in [6, 6.07) is 22.2. The zero-order chi connectivity index (χ0) is 19.1. The number of hydrogen-bond donors (Lipinski definition) is 2. The molecule has 0 aromatic heterocycles. The lowest BCUT2D eigenvalue weighted by Crippen LogP contribution is -2.27. The molecule has 3 nitrogen and oxygen atoms in total. The van der Waals surface area contributed by atoms with Crippen LogP contribution in [0.25, 0.3) is 0 Å². The van der Waals surface area contributed by atoms with Gasteiger partial charge in [0.15, 0.2) is 5.11 Å². The van der Waals surface area contributed by atoms with E-state index in [2.05, 4.69) is 10.6 Å². The van der Waals surface area contributed by atoms with E-state index in [1.807, 2.05) is 55.5 Å². The van der Waals surface area contributed by atoms with Gasteiger partial charge < -0.3 is 15.4 Å². The molecule has 0 radical (unpaired) electrons. The van der Waals surface area contributed by atoms with Gasteiger partial charge in [-0.3, -0.25) is 0 Å². The molecule has 0 spiro atoms. The molecular formula is C22H21FN2OS. The molecule has 0 saturated carbocycles. The SMILES string of the molecule is Cc1cccc(NC(=S)NCc2ccc(OCc3ccc(F)cc3)cc2)c1. The summed E-state index contributed by atoms with van der Waals surface area (Å²) in [5, 5.41) is 6.95. The second kappa shape index (κ2) is 9.14. The first-order valence-electron chi connectivity index (χ1n) is 8.66. The second-order valence-electron chi connectivity index (χ2n) is 6.24. The van der Waals surface area contributed by atoms with Crippen molar-refractivity contribution in [1.29, 1.82) is 0 Å². The number of anilines is 1. The van der Waals surface area contributed by atoms with Crippen LogP contribution in [-0.2, 0) is 13.2 Å². The van der Waals surface area contributed by atoms with Crippen molar-refractivity contribution in [2.45, 2.75) is 20.1 Å². The van der Waals surface area contributed by atoms with E-state index in [1.165, 1.54) is 17.7 Å². The molecule has 5 heteroatoms. The first-order valence-corrected chi connectivity index (χ1v) is 9.07. The highest BCUT2D eigenvalue weighted by atomic mass is 32.1. The molecule has 0 unspecified atom stereocenters. The van der Waals surface area contributed by atoms with Crippen LogP contribution in [0.2, 0.25) is 0 Å². The minimum absolute atomic E-state index is 0.245. The zero-order valence-corrected chi connectivity index (χ0v) is 15.9. The summed E-state index contributed by atoms with van der Waals surface area (Å²) in [5.41, 5.74) is 4.17. The van der Waals surface area contributed by atoms with E-state index in [9.17, 15) is 4.39 Å². The van der Waals surface area contributed by atoms with E-state index in [0.29, 0.717) is 18.3 Å². The third kappa shape index (κ3) is 6.08. The summed E-state index contributed by atoms with van der Waals surface area (Å²) < 4.78 is 18.6. The molecule has 0 amide bonds. The molecule has 3 rings (SSSR count). The van der Waals surface area contributed by atoms with Gasteiger partial charge in [-0.05, 0) is 72.2 Å². The highest BCUT2D eigenvalue weighted by molar-refractivity contribution is 7.80. The van der Waals surface area contributed by atoms with Crippen LogP contribution >= 0.6 is 12.2 Å². The molecule has 0 atom stereocenters. The number of benzene rings is 3. The van der Waals surface area contributed by atoms with Crippen molar-refractivity contribution in [1.82, 2.24) is 5.32 Å². The van der Waals surface area contributed by atoms with Crippen LogP contribution in [0.15, 0.2) is 72.8 Å². The molecule has 2 N–H and O–H groups in total. The summed E-state index contributed by atoms with van der Waals surface area (Å²) in [5.74, 6) is 0.522. The molecule has 0 heterocycles. The van der Waals surface area contributed by atoms with Crippen molar-refractivity contribution in [2.24, 2.45) is 0 Å². The van der Waals surface area contributed by atoms with Gasteiger partial charge in [0, 0.05) is 12.2 Å². The number of thiocarbonyl (C=S) groups is 1. The molecule has 0 saturated heterocycles. The number of rotatable bonds is 6. The fourth-order valence-electron chi connectivity index (χ4n) is 2.53. The Morgan fingerprint density at radius 1 is 0.963 bits per heavy atom. The highest BCUT2D eigenvalue weighted by Crippen LogP contribution is 2.15. The van der Waals surface area contributed by atoms with Crippen molar-refractivity contribution in [2.75, 3.05) is 5.32 Å². The summed E-state index contributed by atoms with van der Waals surface area (Å²) >= 11 is 5.34. The third-order valence-electron chi connectivity index (χ3n) is 3.97. The topological polar surface area (TPSA) is 33.3 Å². The smallest absolute Gasteiger partial charge is 0.171 e. The molecule has 0 bridgehead atoms. The van der Waals surface area contributed by atoms with Crippen LogP contribution in [0.3, 0.4) is 0 Å². The lowest BCUT2D eigenvalue weighted by Gasteiger charge is -2.12. The van der Waals surface area contributed by atoms with Crippen LogP contribution in [0.1, 0.15) is 16.7 Å². The van der Waals surface area contributed by atoms with Crippen molar-refractivity contribution < 1.29 is 9.13 Å². The van der Waals surface area contributed by atoms with E-state index in [1.54, 1.807) is 12.1 Å². The van der Waals surface area contributed by atoms with E-state index in [4.69, 9.17) is 17.0 Å². The Labute approximate surface area is 164 Å². The number of ether oxygens (including phenoxy) is 1. The first-order chi connectivity index (χ1) is 13.1. The Morgan fingerprint density at radius 2 is 1.67 bits per heavy atom. The Bertz CT molecular complexity index is 895. The number of nitrogens with one attached hydrogen (secondary N) is 2. The van der Waals surface area contributed by atoms with Crippen molar-refractivity contribution in [3.05, 3.63) is 95.3 Å². The average molecular weight is 380 g/mol. The number of hydrogen-bond acceptors (Lipinski definition) is 2. The molecular weight excluding hydrogens is 359 g/mol. The normalized spacial score (nSPS) is 10.3. The van der Waals surface area contributed by atoms with Crippen LogP contribution in [0, 0.1) is 12.7 Å². The van der Waals surface area contributed by atoms with E-state index < -0.39 is 0 Å². The summed E-state index contributed by atoms with van der Waals surface area (Å²) in [4.78, 5) is 0. The van der Waals surface area contributed by atoms with Crippen LogP contribution in [0.5, 0.6) is 5.75 Å². The van der Waals surface area contributed by atoms with Gasteiger partial charge in [-0.2, -0.15) is 0 Å². The molecule has 0 aliphatic carbocycles. The summed E-state index contributed by atoms with van der Waals surface area (Å²) in [7, 11) is 0. The van der Waals surface area contributed by atoms with E-state index in [0.717, 1.165) is 22.6 Å². The quantitative estimate of drug-likeness (QED) is 0.576. The molecule has 0 aliphatic rings. The average Bonchev–Trinajstić information content (AvgIpc) is 2.67. The monoisotopic (exact) mass is 380 g/mol. The van der Waals surface area contributed by atoms with Gasteiger partial charge in [0.2, 0.25) is 0 Å². The predicted octanol–water partition coefficient (Wildman–Crippen LogP) is 5.20. The molecule has 138 valence electrons. The van der Waals surface area contributed by atoms with Gasteiger partial charge in [-0.15, -0.1) is 0 Å². The maximum Gasteiger partial charge on any atom is 0.171 e. The Kier molecular flexibility index (Phi) is 6.39. The van der Waals surface area contributed by atoms with Gasteiger partial charge in [0.25, 0.3) is 0 Å². The number of aryl methyl sites for hydroxylation is 1. The molecule has 3 aromatic rings.